The molecule has 1 aromatic carbocycles. The Labute approximate surface area is 113 Å². The van der Waals surface area contributed by atoms with Crippen molar-refractivity contribution in [3.05, 3.63) is 24.3 Å². The molecule has 1 N–H and O–H groups in total. The van der Waals surface area contributed by atoms with E-state index in [-0.39, 0.29) is 19.0 Å². The van der Waals surface area contributed by atoms with Crippen molar-refractivity contribution in [2.24, 2.45) is 0 Å². The fourth-order valence-corrected chi connectivity index (χ4v) is 2.21. The summed E-state index contributed by atoms with van der Waals surface area (Å²) in [4.78, 5) is 0. The van der Waals surface area contributed by atoms with Crippen LogP contribution in [0.5, 0.6) is 5.75 Å². The van der Waals surface area contributed by atoms with Gasteiger partial charge in [-0.15, -0.1) is 0 Å². The molecule has 7 heteroatoms. The molecule has 0 aromatic heterocycles. The second kappa shape index (κ2) is 7.61. The number of nitrogens with one attached hydrogen (secondary N) is 1. The predicted molar refractivity (Wildman–Crippen MR) is 71.5 cm³/mol. The molecule has 1 rings (SSSR count). The lowest BCUT2D eigenvalue weighted by Crippen LogP contribution is -2.20. The monoisotopic (exact) mass is 284 g/mol. The molecule has 0 aliphatic heterocycles. The molecule has 104 valence electrons. The number of hydrogen-bond acceptors (Lipinski definition) is 5. The Bertz CT molecular complexity index is 520. The lowest BCUT2D eigenvalue weighted by Gasteiger charge is -2.08. The van der Waals surface area contributed by atoms with E-state index in [9.17, 15) is 8.42 Å². The second-order valence-corrected chi connectivity index (χ2v) is 5.43. The molecular formula is C12H16N2O4S. The number of nitrogens with zero attached hydrogens (tertiary/aromatic N) is 1. The third kappa shape index (κ3) is 6.08. The average Bonchev–Trinajstić information content (AvgIpc) is 2.38. The van der Waals surface area contributed by atoms with E-state index in [0.717, 1.165) is 0 Å². The Morgan fingerprint density at radius 2 is 2.00 bits per heavy atom. The lowest BCUT2D eigenvalue weighted by molar-refractivity contribution is 0.163. The fourth-order valence-electron chi connectivity index (χ4n) is 1.28. The van der Waals surface area contributed by atoms with Crippen molar-refractivity contribution >= 4 is 15.7 Å². The van der Waals surface area contributed by atoms with E-state index in [1.54, 1.807) is 31.2 Å². The van der Waals surface area contributed by atoms with E-state index >= 15 is 0 Å². The molecule has 0 fully saturated rings. The van der Waals surface area contributed by atoms with E-state index in [4.69, 9.17) is 14.7 Å². The third-order valence-electron chi connectivity index (χ3n) is 2.13. The summed E-state index contributed by atoms with van der Waals surface area (Å²) in [6.45, 7) is 2.41. The van der Waals surface area contributed by atoms with Gasteiger partial charge >= 0.3 is 0 Å². The minimum Gasteiger partial charge on any atom is -0.479 e. The molecule has 0 unspecified atom stereocenters. The highest BCUT2D eigenvalue weighted by Crippen LogP contribution is 2.16. The topological polar surface area (TPSA) is 88.4 Å². The van der Waals surface area contributed by atoms with Gasteiger partial charge in [-0.3, -0.25) is 4.72 Å². The van der Waals surface area contributed by atoms with Crippen molar-refractivity contribution in [2.75, 3.05) is 30.3 Å². The minimum absolute atomic E-state index is 0.0422. The first-order valence-corrected chi connectivity index (χ1v) is 7.40. The Morgan fingerprint density at radius 1 is 1.32 bits per heavy atom. The maximum absolute atomic E-state index is 11.7. The molecule has 1 aromatic rings. The molecule has 0 amide bonds. The van der Waals surface area contributed by atoms with Crippen molar-refractivity contribution in [3.8, 4) is 11.8 Å². The van der Waals surface area contributed by atoms with Crippen LogP contribution in [0.2, 0.25) is 0 Å². The molecule has 0 aliphatic carbocycles. The summed E-state index contributed by atoms with van der Waals surface area (Å²) < 4.78 is 35.8. The number of hydrogen-bond donors (Lipinski definition) is 1. The van der Waals surface area contributed by atoms with Gasteiger partial charge in [-0.05, 0) is 31.2 Å². The smallest absolute Gasteiger partial charge is 0.234 e. The van der Waals surface area contributed by atoms with E-state index < -0.39 is 10.0 Å². The highest BCUT2D eigenvalue weighted by atomic mass is 32.2. The molecule has 6 nitrogen and oxygen atoms in total. The standard InChI is InChI=1S/C12H16N2O4S/c1-2-17-9-10-19(15,16)14-11-3-5-12(6-4-11)18-8-7-13/h3-6,14H,2,8-10H2,1H3. The van der Waals surface area contributed by atoms with Gasteiger partial charge in [0.25, 0.3) is 0 Å². The van der Waals surface area contributed by atoms with Gasteiger partial charge in [0, 0.05) is 12.3 Å². The molecule has 0 atom stereocenters. The van der Waals surface area contributed by atoms with Crippen molar-refractivity contribution in [1.29, 1.82) is 5.26 Å². The number of nitriles is 1. The van der Waals surface area contributed by atoms with Gasteiger partial charge in [0.1, 0.15) is 11.8 Å². The predicted octanol–water partition coefficient (Wildman–Crippen LogP) is 1.37. The summed E-state index contributed by atoms with van der Waals surface area (Å²) in [5.74, 6) is 0.423. The first-order chi connectivity index (χ1) is 9.07. The van der Waals surface area contributed by atoms with Gasteiger partial charge in [-0.1, -0.05) is 0 Å². The van der Waals surface area contributed by atoms with Crippen LogP contribution in [0.4, 0.5) is 5.69 Å². The maximum Gasteiger partial charge on any atom is 0.234 e. The highest BCUT2D eigenvalue weighted by molar-refractivity contribution is 7.92. The van der Waals surface area contributed by atoms with Crippen LogP contribution in [0.3, 0.4) is 0 Å². The van der Waals surface area contributed by atoms with Crippen LogP contribution in [0.15, 0.2) is 24.3 Å². The quantitative estimate of drug-likeness (QED) is 0.728. The molecule has 0 saturated heterocycles. The Kier molecular flexibility index (Phi) is 6.12. The summed E-state index contributed by atoms with van der Waals surface area (Å²) in [5.41, 5.74) is 0.445. The molecule has 0 radical (unpaired) electrons. The molecule has 0 saturated carbocycles. The number of sulfonamides is 1. The summed E-state index contributed by atoms with van der Waals surface area (Å²) in [7, 11) is -3.40. The van der Waals surface area contributed by atoms with E-state index in [1.807, 2.05) is 6.07 Å². The first kappa shape index (κ1) is 15.3. The van der Waals surface area contributed by atoms with Crippen LogP contribution in [0.25, 0.3) is 0 Å². The van der Waals surface area contributed by atoms with Gasteiger partial charge < -0.3 is 9.47 Å². The zero-order valence-electron chi connectivity index (χ0n) is 10.6. The zero-order valence-corrected chi connectivity index (χ0v) is 11.4. The number of anilines is 1. The summed E-state index contributed by atoms with van der Waals surface area (Å²) in [5, 5.41) is 8.36. The van der Waals surface area contributed by atoms with Crippen LogP contribution in [0.1, 0.15) is 6.92 Å². The van der Waals surface area contributed by atoms with Crippen LogP contribution in [-0.2, 0) is 14.8 Å². The zero-order chi connectivity index (χ0) is 14.1. The van der Waals surface area contributed by atoms with Crippen molar-refractivity contribution < 1.29 is 17.9 Å². The summed E-state index contributed by atoms with van der Waals surface area (Å²) in [6.07, 6.45) is 0. The number of benzene rings is 1. The van der Waals surface area contributed by atoms with Crippen LogP contribution >= 0.6 is 0 Å². The Hall–Kier alpha value is -1.78. The van der Waals surface area contributed by atoms with Gasteiger partial charge in [0.05, 0.1) is 12.4 Å². The maximum atomic E-state index is 11.7. The Balaban J connectivity index is 2.55. The average molecular weight is 284 g/mol. The SMILES string of the molecule is CCOCCS(=O)(=O)Nc1ccc(OCC#N)cc1. The molecule has 0 aliphatic rings. The Morgan fingerprint density at radius 3 is 2.58 bits per heavy atom. The van der Waals surface area contributed by atoms with Gasteiger partial charge in [-0.25, -0.2) is 8.42 Å². The third-order valence-corrected chi connectivity index (χ3v) is 3.38. The number of rotatable bonds is 8. The normalized spacial score (nSPS) is 10.7. The first-order valence-electron chi connectivity index (χ1n) is 5.75. The molecule has 19 heavy (non-hydrogen) atoms. The largest absolute Gasteiger partial charge is 0.479 e. The van der Waals surface area contributed by atoms with Crippen LogP contribution < -0.4 is 9.46 Å². The van der Waals surface area contributed by atoms with Gasteiger partial charge in [-0.2, -0.15) is 5.26 Å². The summed E-state index contributed by atoms with van der Waals surface area (Å²) in [6, 6.07) is 8.19. The molecule has 0 heterocycles. The fraction of sp³-hybridized carbons (Fsp3) is 0.417. The van der Waals surface area contributed by atoms with E-state index in [2.05, 4.69) is 4.72 Å². The van der Waals surface area contributed by atoms with Gasteiger partial charge in [0.2, 0.25) is 10.0 Å². The van der Waals surface area contributed by atoms with E-state index in [1.165, 1.54) is 0 Å². The molecule has 0 spiro atoms. The van der Waals surface area contributed by atoms with Crippen LogP contribution in [0, 0.1) is 11.3 Å². The lowest BCUT2D eigenvalue weighted by atomic mass is 10.3. The minimum atomic E-state index is -3.40. The van der Waals surface area contributed by atoms with Crippen molar-refractivity contribution in [2.45, 2.75) is 6.92 Å². The van der Waals surface area contributed by atoms with Gasteiger partial charge in [0.15, 0.2) is 6.61 Å². The molecular weight excluding hydrogens is 268 g/mol. The molecule has 0 bridgehead atoms. The number of ether oxygens (including phenoxy) is 2. The highest BCUT2D eigenvalue weighted by Gasteiger charge is 2.10. The summed E-state index contributed by atoms with van der Waals surface area (Å²) >= 11 is 0. The van der Waals surface area contributed by atoms with Crippen molar-refractivity contribution in [3.63, 3.8) is 0 Å². The van der Waals surface area contributed by atoms with Crippen molar-refractivity contribution in [1.82, 2.24) is 0 Å². The van der Waals surface area contributed by atoms with Crippen LogP contribution in [-0.4, -0.2) is 34.0 Å². The van der Waals surface area contributed by atoms with E-state index in [0.29, 0.717) is 18.0 Å². The second-order valence-electron chi connectivity index (χ2n) is 3.59.